The number of anilines is 1. The maximum Gasteiger partial charge on any atom is 0.140 e. The number of halogens is 1. The molecule has 0 amide bonds. The summed E-state index contributed by atoms with van der Waals surface area (Å²) in [6, 6.07) is 18.4. The van der Waals surface area contributed by atoms with Gasteiger partial charge in [0.25, 0.3) is 0 Å². The van der Waals surface area contributed by atoms with E-state index < -0.39 is 6.10 Å². The smallest absolute Gasteiger partial charge is 0.140 e. The molecule has 1 aliphatic carbocycles. The number of thiazole rings is 1. The van der Waals surface area contributed by atoms with Crippen molar-refractivity contribution in [2.24, 2.45) is 5.92 Å². The second kappa shape index (κ2) is 8.29. The normalized spacial score (nSPS) is 18.1. The van der Waals surface area contributed by atoms with E-state index in [1.54, 1.807) is 6.07 Å². The number of aliphatic hydroxyl groups excluding tert-OH is 1. The number of aromatic nitrogens is 1. The lowest BCUT2D eigenvalue weighted by Gasteiger charge is -2.30. The summed E-state index contributed by atoms with van der Waals surface area (Å²) >= 11 is 1.49. The summed E-state index contributed by atoms with van der Waals surface area (Å²) in [4.78, 5) is 4.45. The molecule has 3 aromatic carbocycles. The van der Waals surface area contributed by atoms with Crippen molar-refractivity contribution >= 4 is 27.2 Å². The SMILES string of the molecule is Nc1cccc(CC2CCc3ccc(OCc4nc5cc(F)ccc5s4)cc3C2O)c1. The minimum absolute atomic E-state index is 0.142. The number of nitrogen functional groups attached to an aromatic ring is 1. The van der Waals surface area contributed by atoms with E-state index in [1.807, 2.05) is 36.4 Å². The molecular formula is C25H23FN2O2S. The Morgan fingerprint density at radius 3 is 2.90 bits per heavy atom. The number of nitrogens with two attached hydrogens (primary N) is 1. The van der Waals surface area contributed by atoms with Gasteiger partial charge in [-0.2, -0.15) is 0 Å². The van der Waals surface area contributed by atoms with Crippen LogP contribution in [0.4, 0.5) is 10.1 Å². The van der Waals surface area contributed by atoms with Crippen LogP contribution in [0.25, 0.3) is 10.2 Å². The molecule has 0 radical (unpaired) electrons. The molecule has 0 fully saturated rings. The Balaban J connectivity index is 1.30. The van der Waals surface area contributed by atoms with Gasteiger partial charge in [-0.05, 0) is 78.3 Å². The highest BCUT2D eigenvalue weighted by atomic mass is 32.1. The molecule has 2 unspecified atom stereocenters. The molecule has 0 saturated heterocycles. The van der Waals surface area contributed by atoms with Crippen molar-refractivity contribution in [2.45, 2.75) is 32.0 Å². The molecule has 0 bridgehead atoms. The van der Waals surface area contributed by atoms with Crippen molar-refractivity contribution in [1.29, 1.82) is 0 Å². The van der Waals surface area contributed by atoms with Crippen LogP contribution in [0.1, 0.15) is 34.2 Å². The number of fused-ring (bicyclic) bond motifs is 2. The van der Waals surface area contributed by atoms with Gasteiger partial charge in [0.2, 0.25) is 0 Å². The number of benzene rings is 3. The van der Waals surface area contributed by atoms with Crippen LogP contribution in [0.3, 0.4) is 0 Å². The summed E-state index contributed by atoms with van der Waals surface area (Å²) in [5.74, 6) is 0.554. The molecular weight excluding hydrogens is 411 g/mol. The van der Waals surface area contributed by atoms with E-state index in [0.29, 0.717) is 17.9 Å². The van der Waals surface area contributed by atoms with Gasteiger partial charge in [0.1, 0.15) is 23.2 Å². The van der Waals surface area contributed by atoms with Crippen LogP contribution in [0.15, 0.2) is 60.7 Å². The number of nitrogens with zero attached hydrogens (tertiary/aromatic N) is 1. The minimum atomic E-state index is -0.542. The van der Waals surface area contributed by atoms with Crippen molar-refractivity contribution in [3.63, 3.8) is 0 Å². The molecule has 6 heteroatoms. The highest BCUT2D eigenvalue weighted by Gasteiger charge is 2.28. The number of hydrogen-bond acceptors (Lipinski definition) is 5. The van der Waals surface area contributed by atoms with Gasteiger partial charge in [-0.25, -0.2) is 9.37 Å². The Labute approximate surface area is 184 Å². The zero-order valence-electron chi connectivity index (χ0n) is 16.9. The molecule has 4 aromatic rings. The van der Waals surface area contributed by atoms with E-state index >= 15 is 0 Å². The topological polar surface area (TPSA) is 68.4 Å². The van der Waals surface area contributed by atoms with Crippen molar-refractivity contribution < 1.29 is 14.2 Å². The molecule has 0 saturated carbocycles. The van der Waals surface area contributed by atoms with Gasteiger partial charge in [-0.15, -0.1) is 11.3 Å². The fraction of sp³-hybridized carbons (Fsp3) is 0.240. The average molecular weight is 435 g/mol. The highest BCUT2D eigenvalue weighted by molar-refractivity contribution is 7.18. The van der Waals surface area contributed by atoms with Crippen LogP contribution in [-0.4, -0.2) is 10.1 Å². The number of ether oxygens (including phenoxy) is 1. The lowest BCUT2D eigenvalue weighted by molar-refractivity contribution is 0.0932. The van der Waals surface area contributed by atoms with Crippen LogP contribution in [0.5, 0.6) is 5.75 Å². The first-order valence-electron chi connectivity index (χ1n) is 10.4. The molecule has 0 spiro atoms. The Kier molecular flexibility index (Phi) is 5.34. The zero-order chi connectivity index (χ0) is 21.4. The molecule has 1 aliphatic rings. The van der Waals surface area contributed by atoms with E-state index in [2.05, 4.69) is 11.1 Å². The number of aryl methyl sites for hydroxylation is 1. The second-order valence-electron chi connectivity index (χ2n) is 8.06. The predicted molar refractivity (Wildman–Crippen MR) is 122 cm³/mol. The third kappa shape index (κ3) is 4.27. The number of rotatable bonds is 5. The van der Waals surface area contributed by atoms with Crippen LogP contribution < -0.4 is 10.5 Å². The molecule has 5 rings (SSSR count). The molecule has 0 aliphatic heterocycles. The first-order chi connectivity index (χ1) is 15.0. The fourth-order valence-electron chi connectivity index (χ4n) is 4.31. The molecule has 158 valence electrons. The van der Waals surface area contributed by atoms with Gasteiger partial charge in [-0.1, -0.05) is 18.2 Å². The zero-order valence-corrected chi connectivity index (χ0v) is 17.7. The number of aliphatic hydroxyl groups is 1. The van der Waals surface area contributed by atoms with Crippen LogP contribution >= 0.6 is 11.3 Å². The molecule has 4 nitrogen and oxygen atoms in total. The van der Waals surface area contributed by atoms with E-state index in [4.69, 9.17) is 10.5 Å². The minimum Gasteiger partial charge on any atom is -0.486 e. The van der Waals surface area contributed by atoms with Gasteiger partial charge in [0, 0.05) is 11.8 Å². The van der Waals surface area contributed by atoms with E-state index in [9.17, 15) is 9.50 Å². The van der Waals surface area contributed by atoms with Crippen molar-refractivity contribution in [3.05, 3.63) is 88.2 Å². The monoisotopic (exact) mass is 434 g/mol. The summed E-state index contributed by atoms with van der Waals surface area (Å²) in [6.07, 6.45) is 2.12. The maximum atomic E-state index is 13.4. The van der Waals surface area contributed by atoms with Crippen LogP contribution in [0, 0.1) is 11.7 Å². The molecule has 3 N–H and O–H groups in total. The Morgan fingerprint density at radius 2 is 2.03 bits per heavy atom. The first kappa shape index (κ1) is 20.0. The van der Waals surface area contributed by atoms with Gasteiger partial charge in [0.05, 0.1) is 16.3 Å². The third-order valence-electron chi connectivity index (χ3n) is 5.87. The highest BCUT2D eigenvalue weighted by Crippen LogP contribution is 2.38. The molecule has 2 atom stereocenters. The lowest BCUT2D eigenvalue weighted by Crippen LogP contribution is -2.22. The van der Waals surface area contributed by atoms with Crippen molar-refractivity contribution in [1.82, 2.24) is 4.98 Å². The Morgan fingerprint density at radius 1 is 1.13 bits per heavy atom. The maximum absolute atomic E-state index is 13.4. The number of hydrogen-bond donors (Lipinski definition) is 2. The third-order valence-corrected chi connectivity index (χ3v) is 6.88. The largest absolute Gasteiger partial charge is 0.486 e. The molecule has 1 aromatic heterocycles. The van der Waals surface area contributed by atoms with E-state index in [-0.39, 0.29) is 11.7 Å². The summed E-state index contributed by atoms with van der Waals surface area (Å²) in [6.45, 7) is 0.308. The van der Waals surface area contributed by atoms with E-state index in [1.165, 1.54) is 29.0 Å². The van der Waals surface area contributed by atoms with Crippen LogP contribution in [-0.2, 0) is 19.4 Å². The van der Waals surface area contributed by atoms with E-state index in [0.717, 1.165) is 45.8 Å². The summed E-state index contributed by atoms with van der Waals surface area (Å²) in [7, 11) is 0. The lowest BCUT2D eigenvalue weighted by atomic mass is 9.78. The average Bonchev–Trinajstić information content (AvgIpc) is 3.16. The van der Waals surface area contributed by atoms with Gasteiger partial charge < -0.3 is 15.6 Å². The summed E-state index contributed by atoms with van der Waals surface area (Å²) in [5.41, 5.74) is 10.5. The standard InChI is InChI=1S/C25H23FN2O2S/c26-18-7-9-23-22(12-18)28-24(31-23)14-30-20-8-6-16-4-5-17(25(29)21(16)13-20)10-15-2-1-3-19(27)11-15/h1-3,6-9,11-13,17,25,29H,4-5,10,14,27H2. The Bertz CT molecular complexity index is 1240. The fourth-order valence-corrected chi connectivity index (χ4v) is 5.17. The second-order valence-corrected chi connectivity index (χ2v) is 9.18. The molecule has 1 heterocycles. The summed E-state index contributed by atoms with van der Waals surface area (Å²) < 4.78 is 20.3. The Hall–Kier alpha value is -2.96. The predicted octanol–water partition coefficient (Wildman–Crippen LogP) is 5.44. The van der Waals surface area contributed by atoms with Crippen LogP contribution in [0.2, 0.25) is 0 Å². The quantitative estimate of drug-likeness (QED) is 0.411. The molecule has 31 heavy (non-hydrogen) atoms. The van der Waals surface area contributed by atoms with Crippen molar-refractivity contribution in [2.75, 3.05) is 5.73 Å². The summed E-state index contributed by atoms with van der Waals surface area (Å²) in [5, 5.41) is 11.8. The van der Waals surface area contributed by atoms with Gasteiger partial charge in [0.15, 0.2) is 0 Å². The van der Waals surface area contributed by atoms with Gasteiger partial charge in [-0.3, -0.25) is 0 Å². The van der Waals surface area contributed by atoms with Crippen molar-refractivity contribution in [3.8, 4) is 5.75 Å². The van der Waals surface area contributed by atoms with Gasteiger partial charge >= 0.3 is 0 Å². The first-order valence-corrected chi connectivity index (χ1v) is 11.2.